The van der Waals surface area contributed by atoms with Crippen LogP contribution in [0.5, 0.6) is 11.5 Å². The van der Waals surface area contributed by atoms with Gasteiger partial charge in [0.25, 0.3) is 0 Å². The van der Waals surface area contributed by atoms with Crippen LogP contribution in [0, 0.1) is 5.92 Å². The smallest absolute Gasteiger partial charge is 0.408 e. The number of pyridine rings is 1. The predicted molar refractivity (Wildman–Crippen MR) is 240 cm³/mol. The summed E-state index contributed by atoms with van der Waals surface area (Å²) in [6, 6.07) is 30.3. The van der Waals surface area contributed by atoms with Crippen molar-refractivity contribution >= 4 is 34.4 Å². The number of nitrogens with one attached hydrogen (secondary N) is 4. The third-order valence-corrected chi connectivity index (χ3v) is 11.9. The van der Waals surface area contributed by atoms with Crippen LogP contribution < -0.4 is 25.8 Å². The predicted octanol–water partition coefficient (Wildman–Crippen LogP) is 7.70. The van der Waals surface area contributed by atoms with Gasteiger partial charge in [0.1, 0.15) is 24.6 Å². The number of piperidine rings is 1. The van der Waals surface area contributed by atoms with Crippen LogP contribution in [0.1, 0.15) is 104 Å². The minimum absolute atomic E-state index is 0.0198. The number of aromatic amines is 1. The number of hydrogen-bond donors (Lipinski definition) is 6. The van der Waals surface area contributed by atoms with Gasteiger partial charge in [0.05, 0.1) is 30.8 Å². The fourth-order valence-corrected chi connectivity index (χ4v) is 8.49. The summed E-state index contributed by atoms with van der Waals surface area (Å²) < 4.78 is 12.3. The second kappa shape index (κ2) is 23.1. The molecule has 6 rings (SSSR count). The van der Waals surface area contributed by atoms with Crippen LogP contribution in [-0.4, -0.2) is 72.5 Å². The Morgan fingerprint density at radius 1 is 0.885 bits per heavy atom. The van der Waals surface area contributed by atoms with Crippen LogP contribution in [0.15, 0.2) is 108 Å². The summed E-state index contributed by atoms with van der Waals surface area (Å²) in [5, 5.41) is 28.5. The minimum atomic E-state index is -0.761. The second-order valence-electron chi connectivity index (χ2n) is 16.1. The Morgan fingerprint density at radius 2 is 1.62 bits per heavy atom. The maximum absolute atomic E-state index is 13.7. The summed E-state index contributed by atoms with van der Waals surface area (Å²) in [7, 11) is 0. The number of fused-ring (bicyclic) bond motifs is 1. The zero-order valence-corrected chi connectivity index (χ0v) is 35.8. The number of quaternary nitrogens is 1. The van der Waals surface area contributed by atoms with Gasteiger partial charge in [0.2, 0.25) is 11.3 Å². The third-order valence-electron chi connectivity index (χ3n) is 11.7. The zero-order chi connectivity index (χ0) is 43.0. The number of amides is 1. The molecule has 3 unspecified atom stereocenters. The SMILES string of the molecule is CCC1CC[NH+](CC(=O)c2ccccc2)C[C@@H]1OC(=O)NC(c1cccc(Cl)c1)c1cccc(OCCCCCCCCCNC[C@H](O)c2ccc(O)c3[nH]c(=O)ccc23)c1. The summed E-state index contributed by atoms with van der Waals surface area (Å²) in [6.45, 7) is 5.68. The first-order chi connectivity index (χ1) is 29.7. The molecule has 6 N–H and O–H groups in total. The molecule has 1 aliphatic rings. The number of aromatic nitrogens is 1. The van der Waals surface area contributed by atoms with Crippen LogP contribution in [0.4, 0.5) is 4.79 Å². The number of phenols is 1. The number of carbonyl (C=O) groups is 2. The molecule has 5 aromatic rings. The van der Waals surface area contributed by atoms with Crippen molar-refractivity contribution in [2.75, 3.05) is 39.3 Å². The fourth-order valence-electron chi connectivity index (χ4n) is 8.29. The zero-order valence-electron chi connectivity index (χ0n) is 35.0. The van der Waals surface area contributed by atoms with Crippen molar-refractivity contribution in [2.45, 2.75) is 83.0 Å². The van der Waals surface area contributed by atoms with Crippen molar-refractivity contribution in [1.29, 1.82) is 0 Å². The topological polar surface area (TPSA) is 154 Å². The summed E-state index contributed by atoms with van der Waals surface area (Å²) in [6.07, 6.45) is 7.68. The highest BCUT2D eigenvalue weighted by Gasteiger charge is 2.35. The van der Waals surface area contributed by atoms with Crippen LogP contribution in [0.3, 0.4) is 0 Å². The molecule has 1 fully saturated rings. The Morgan fingerprint density at radius 3 is 2.39 bits per heavy atom. The molecule has 5 atom stereocenters. The number of halogens is 1. The van der Waals surface area contributed by atoms with E-state index in [-0.39, 0.29) is 29.1 Å². The van der Waals surface area contributed by atoms with E-state index in [1.54, 1.807) is 12.1 Å². The van der Waals surface area contributed by atoms with E-state index in [2.05, 4.69) is 22.5 Å². The number of phenolic OH excluding ortho intramolecular Hbond substituents is 1. The quantitative estimate of drug-likeness (QED) is 0.0306. The number of benzene rings is 4. The Kier molecular flexibility index (Phi) is 17.2. The van der Waals surface area contributed by atoms with Gasteiger partial charge in [0.15, 0.2) is 6.10 Å². The van der Waals surface area contributed by atoms with E-state index in [1.807, 2.05) is 78.9 Å². The van der Waals surface area contributed by atoms with Gasteiger partial charge in [0, 0.05) is 40.9 Å². The van der Waals surface area contributed by atoms with Crippen molar-refractivity contribution in [3.8, 4) is 11.5 Å². The highest BCUT2D eigenvalue weighted by Crippen LogP contribution is 2.30. The lowest BCUT2D eigenvalue weighted by Crippen LogP contribution is -3.15. The highest BCUT2D eigenvalue weighted by atomic mass is 35.5. The van der Waals surface area contributed by atoms with E-state index in [9.17, 15) is 24.6 Å². The number of aromatic hydroxyl groups is 1. The average molecular weight is 852 g/mol. The van der Waals surface area contributed by atoms with Crippen molar-refractivity contribution in [3.63, 3.8) is 0 Å². The minimum Gasteiger partial charge on any atom is -0.506 e. The molecule has 1 aromatic heterocycles. The lowest BCUT2D eigenvalue weighted by Gasteiger charge is -2.35. The number of Topliss-reactive ketones (excluding diaryl/α,β-unsaturated/α-hetero) is 1. The molecular weight excluding hydrogens is 792 g/mol. The Labute approximate surface area is 363 Å². The molecule has 61 heavy (non-hydrogen) atoms. The fraction of sp³-hybridized carbons (Fsp3) is 0.408. The molecule has 12 heteroatoms. The number of H-pyrrole nitrogens is 1. The molecule has 0 aliphatic carbocycles. The monoisotopic (exact) mass is 851 g/mol. The van der Waals surface area contributed by atoms with Gasteiger partial charge in [-0.3, -0.25) is 9.59 Å². The van der Waals surface area contributed by atoms with Gasteiger partial charge in [-0.1, -0.05) is 111 Å². The molecule has 1 saturated heterocycles. The van der Waals surface area contributed by atoms with Gasteiger partial charge < -0.3 is 40.2 Å². The van der Waals surface area contributed by atoms with Gasteiger partial charge in [-0.25, -0.2) is 4.79 Å². The molecule has 324 valence electrons. The Balaban J connectivity index is 0.912. The average Bonchev–Trinajstić information content (AvgIpc) is 3.26. The van der Waals surface area contributed by atoms with E-state index < -0.39 is 18.2 Å². The van der Waals surface area contributed by atoms with E-state index >= 15 is 0 Å². The number of ketones is 1. The molecule has 1 aliphatic heterocycles. The van der Waals surface area contributed by atoms with E-state index in [0.717, 1.165) is 92.7 Å². The summed E-state index contributed by atoms with van der Waals surface area (Å²) in [4.78, 5) is 42.1. The number of unbranched alkanes of at least 4 members (excludes halogenated alkanes) is 6. The number of alkyl carbamates (subject to hydrolysis) is 1. The Bertz CT molecular complexity index is 2230. The number of carbonyl (C=O) groups excluding carboxylic acids is 2. The number of rotatable bonds is 22. The first-order valence-electron chi connectivity index (χ1n) is 21.8. The van der Waals surface area contributed by atoms with Crippen LogP contribution >= 0.6 is 11.6 Å². The van der Waals surface area contributed by atoms with Crippen molar-refractivity contribution in [3.05, 3.63) is 141 Å². The summed E-state index contributed by atoms with van der Waals surface area (Å²) in [5.74, 6) is 1.02. The van der Waals surface area contributed by atoms with Crippen LogP contribution in [0.2, 0.25) is 5.02 Å². The molecule has 0 spiro atoms. The van der Waals surface area contributed by atoms with Crippen molar-refractivity contribution in [1.82, 2.24) is 15.6 Å². The third kappa shape index (κ3) is 13.4. The molecule has 0 saturated carbocycles. The van der Waals surface area contributed by atoms with E-state index in [1.165, 1.54) is 12.1 Å². The van der Waals surface area contributed by atoms with Crippen LogP contribution in [0.25, 0.3) is 10.9 Å². The Hall–Kier alpha value is -5.20. The first-order valence-corrected chi connectivity index (χ1v) is 22.2. The molecule has 1 amide bonds. The molecule has 0 bridgehead atoms. The normalized spacial score (nSPS) is 17.4. The standard InChI is InChI=1S/C49H59ClN4O7/c1-2-34-25-27-54(32-44(57)35-15-9-8-10-16-35)33-45(34)61-49(59)53-47(36-17-13-19-38(50)29-36)37-18-14-20-39(30-37)60-28-12-7-5-3-4-6-11-26-51-31-43(56)40-21-23-42(55)48-41(40)22-24-46(58)52-48/h8-10,13-24,29-30,34,43,45,47,51,55-56H,2-7,11-12,25-28,31-33H2,1H3,(H,52,58)(H,53,59)/p+1/t34?,43-,45-,47?/m0/s1. The highest BCUT2D eigenvalue weighted by molar-refractivity contribution is 6.30. The maximum atomic E-state index is 13.7. The first kappa shape index (κ1) is 45.3. The molecular formula is C49H60ClN4O7+. The lowest BCUT2D eigenvalue weighted by atomic mass is 9.91. The van der Waals surface area contributed by atoms with Crippen LogP contribution in [-0.2, 0) is 4.74 Å². The summed E-state index contributed by atoms with van der Waals surface area (Å²) >= 11 is 6.43. The summed E-state index contributed by atoms with van der Waals surface area (Å²) in [5.41, 5.74) is 3.07. The number of aliphatic hydroxyl groups is 1. The molecule has 2 heterocycles. The van der Waals surface area contributed by atoms with Gasteiger partial charge in [-0.2, -0.15) is 0 Å². The number of ether oxygens (including phenoxy) is 2. The van der Waals surface area contributed by atoms with Crippen molar-refractivity contribution < 1.29 is 34.2 Å². The molecule has 11 nitrogen and oxygen atoms in total. The lowest BCUT2D eigenvalue weighted by molar-refractivity contribution is -0.901. The molecule has 4 aromatic carbocycles. The maximum Gasteiger partial charge on any atom is 0.408 e. The molecule has 0 radical (unpaired) electrons. The number of hydrogen-bond acceptors (Lipinski definition) is 8. The number of likely N-dealkylation sites (tertiary alicyclic amines) is 1. The van der Waals surface area contributed by atoms with Crippen molar-refractivity contribution in [2.24, 2.45) is 5.92 Å². The second-order valence-corrected chi connectivity index (χ2v) is 16.5. The van der Waals surface area contributed by atoms with E-state index in [4.69, 9.17) is 21.1 Å². The number of aliphatic hydroxyl groups excluding tert-OH is 1. The van der Waals surface area contributed by atoms with E-state index in [0.29, 0.717) is 53.3 Å². The largest absolute Gasteiger partial charge is 0.506 e. The van der Waals surface area contributed by atoms with Gasteiger partial charge in [-0.15, -0.1) is 0 Å². The van der Waals surface area contributed by atoms with Gasteiger partial charge >= 0.3 is 6.09 Å². The van der Waals surface area contributed by atoms with Gasteiger partial charge in [-0.05, 0) is 78.9 Å².